The highest BCUT2D eigenvalue weighted by atomic mass is 79.9. The van der Waals surface area contributed by atoms with Crippen LogP contribution < -0.4 is 9.47 Å². The summed E-state index contributed by atoms with van der Waals surface area (Å²) in [6, 6.07) is 7.67. The minimum Gasteiger partial charge on any atom is -0.497 e. The van der Waals surface area contributed by atoms with Crippen molar-refractivity contribution in [3.63, 3.8) is 0 Å². The Morgan fingerprint density at radius 3 is 2.79 bits per heavy atom. The van der Waals surface area contributed by atoms with Gasteiger partial charge in [-0.25, -0.2) is 4.98 Å². The lowest BCUT2D eigenvalue weighted by atomic mass is 10.2. The molecule has 19 heavy (non-hydrogen) atoms. The zero-order valence-corrected chi connectivity index (χ0v) is 12.8. The third-order valence-electron chi connectivity index (χ3n) is 2.54. The Hall–Kier alpha value is -1.58. The molecule has 0 N–H and O–H groups in total. The molecule has 98 valence electrons. The third-order valence-corrected chi connectivity index (χ3v) is 4.40. The fourth-order valence-electron chi connectivity index (χ4n) is 1.61. The van der Waals surface area contributed by atoms with E-state index in [0.29, 0.717) is 5.75 Å². The first-order chi connectivity index (χ1) is 9.19. The lowest BCUT2D eigenvalue weighted by Crippen LogP contribution is -1.90. The second-order valence-corrected chi connectivity index (χ2v) is 5.96. The van der Waals surface area contributed by atoms with Gasteiger partial charge in [0.1, 0.15) is 16.5 Å². The summed E-state index contributed by atoms with van der Waals surface area (Å²) in [6.07, 6.45) is 0.287. The first-order valence-electron chi connectivity index (χ1n) is 5.44. The number of benzene rings is 1. The Balaban J connectivity index is 2.47. The van der Waals surface area contributed by atoms with Crippen molar-refractivity contribution in [2.75, 3.05) is 14.2 Å². The van der Waals surface area contributed by atoms with Gasteiger partial charge in [0.25, 0.3) is 0 Å². The maximum absolute atomic E-state index is 8.75. The average Bonchev–Trinajstić information content (AvgIpc) is 2.79. The fourth-order valence-corrected chi connectivity index (χ4v) is 3.14. The number of aromatic nitrogens is 1. The number of nitriles is 1. The molecule has 2 aromatic rings. The quantitative estimate of drug-likeness (QED) is 0.853. The topological polar surface area (TPSA) is 55.1 Å². The van der Waals surface area contributed by atoms with Crippen LogP contribution in [0.25, 0.3) is 10.6 Å². The molecule has 0 fully saturated rings. The molecule has 1 aromatic heterocycles. The Bertz CT molecular complexity index is 634. The molecule has 0 atom stereocenters. The van der Waals surface area contributed by atoms with Gasteiger partial charge in [0.2, 0.25) is 0 Å². The maximum atomic E-state index is 8.75. The molecule has 0 aliphatic carbocycles. The van der Waals surface area contributed by atoms with E-state index in [-0.39, 0.29) is 6.42 Å². The van der Waals surface area contributed by atoms with E-state index in [1.165, 1.54) is 11.3 Å². The largest absolute Gasteiger partial charge is 0.497 e. The van der Waals surface area contributed by atoms with Gasteiger partial charge in [0.15, 0.2) is 0 Å². The van der Waals surface area contributed by atoms with Crippen molar-refractivity contribution in [3.8, 4) is 28.1 Å². The van der Waals surface area contributed by atoms with Gasteiger partial charge < -0.3 is 9.47 Å². The van der Waals surface area contributed by atoms with Crippen molar-refractivity contribution in [1.29, 1.82) is 5.26 Å². The van der Waals surface area contributed by atoms with Crippen molar-refractivity contribution in [2.24, 2.45) is 0 Å². The maximum Gasteiger partial charge on any atom is 0.132 e. The van der Waals surface area contributed by atoms with E-state index in [4.69, 9.17) is 14.7 Å². The summed E-state index contributed by atoms with van der Waals surface area (Å²) in [5.74, 6) is 1.43. The number of rotatable bonds is 4. The SMILES string of the molecule is COc1ccc(-c2nc(CC#N)c(Br)s2)c(OC)c1. The first-order valence-corrected chi connectivity index (χ1v) is 7.05. The smallest absolute Gasteiger partial charge is 0.132 e. The predicted molar refractivity (Wildman–Crippen MR) is 77.7 cm³/mol. The Kier molecular flexibility index (Phi) is 4.40. The van der Waals surface area contributed by atoms with Gasteiger partial charge >= 0.3 is 0 Å². The van der Waals surface area contributed by atoms with Crippen molar-refractivity contribution < 1.29 is 9.47 Å². The molecule has 6 heteroatoms. The van der Waals surface area contributed by atoms with Crippen LogP contribution in [0.5, 0.6) is 11.5 Å². The van der Waals surface area contributed by atoms with E-state index < -0.39 is 0 Å². The van der Waals surface area contributed by atoms with Crippen molar-refractivity contribution in [1.82, 2.24) is 4.98 Å². The van der Waals surface area contributed by atoms with Crippen LogP contribution >= 0.6 is 27.3 Å². The lowest BCUT2D eigenvalue weighted by Gasteiger charge is -2.08. The number of hydrogen-bond acceptors (Lipinski definition) is 5. The van der Waals surface area contributed by atoms with E-state index in [0.717, 1.165) is 25.8 Å². The monoisotopic (exact) mass is 338 g/mol. The van der Waals surface area contributed by atoms with Crippen molar-refractivity contribution >= 4 is 27.3 Å². The van der Waals surface area contributed by atoms with Crippen LogP contribution in [0, 0.1) is 11.3 Å². The molecule has 0 aliphatic rings. The molecule has 0 unspecified atom stereocenters. The Morgan fingerprint density at radius 1 is 1.37 bits per heavy atom. The summed E-state index contributed by atoms with van der Waals surface area (Å²) in [7, 11) is 3.22. The van der Waals surface area contributed by atoms with E-state index in [2.05, 4.69) is 27.0 Å². The van der Waals surface area contributed by atoms with Gasteiger partial charge in [-0.3, -0.25) is 0 Å². The van der Waals surface area contributed by atoms with Gasteiger partial charge in [-0.2, -0.15) is 5.26 Å². The summed E-state index contributed by atoms with van der Waals surface area (Å²) < 4.78 is 11.4. The van der Waals surface area contributed by atoms with Crippen molar-refractivity contribution in [3.05, 3.63) is 27.7 Å². The second-order valence-electron chi connectivity index (χ2n) is 3.64. The molecule has 1 heterocycles. The molecular formula is C13H11BrN2O2S. The van der Waals surface area contributed by atoms with Crippen LogP contribution in [-0.4, -0.2) is 19.2 Å². The molecule has 0 saturated carbocycles. The van der Waals surface area contributed by atoms with Crippen LogP contribution in [0.2, 0.25) is 0 Å². The molecule has 2 rings (SSSR count). The number of nitrogens with zero attached hydrogens (tertiary/aromatic N) is 2. The van der Waals surface area contributed by atoms with E-state index in [9.17, 15) is 0 Å². The fraction of sp³-hybridized carbons (Fsp3) is 0.231. The summed E-state index contributed by atoms with van der Waals surface area (Å²) in [6.45, 7) is 0. The standard InChI is InChI=1S/C13H11BrN2O2S/c1-17-8-3-4-9(11(7-8)18-2)13-16-10(5-6-15)12(14)19-13/h3-4,7H,5H2,1-2H3. The van der Waals surface area contributed by atoms with Gasteiger partial charge in [-0.15, -0.1) is 11.3 Å². The summed E-state index contributed by atoms with van der Waals surface area (Å²) in [5, 5.41) is 9.56. The molecule has 0 aliphatic heterocycles. The van der Waals surface area contributed by atoms with Crippen LogP contribution in [0.3, 0.4) is 0 Å². The van der Waals surface area contributed by atoms with E-state index in [1.54, 1.807) is 14.2 Å². The third kappa shape index (κ3) is 2.88. The number of ether oxygens (including phenoxy) is 2. The van der Waals surface area contributed by atoms with Crippen LogP contribution in [0.15, 0.2) is 22.0 Å². The molecule has 0 bridgehead atoms. The zero-order valence-electron chi connectivity index (χ0n) is 10.4. The number of thiazole rings is 1. The van der Waals surface area contributed by atoms with Gasteiger partial charge in [-0.05, 0) is 28.1 Å². The predicted octanol–water partition coefficient (Wildman–Crippen LogP) is 3.66. The van der Waals surface area contributed by atoms with Crippen LogP contribution in [-0.2, 0) is 6.42 Å². The molecule has 0 spiro atoms. The number of hydrogen-bond donors (Lipinski definition) is 0. The van der Waals surface area contributed by atoms with Crippen molar-refractivity contribution in [2.45, 2.75) is 6.42 Å². The molecule has 0 amide bonds. The second kappa shape index (κ2) is 6.04. The molecule has 4 nitrogen and oxygen atoms in total. The highest BCUT2D eigenvalue weighted by Crippen LogP contribution is 2.38. The average molecular weight is 339 g/mol. The normalized spacial score (nSPS) is 10.0. The highest BCUT2D eigenvalue weighted by Gasteiger charge is 2.14. The lowest BCUT2D eigenvalue weighted by molar-refractivity contribution is 0.395. The van der Waals surface area contributed by atoms with E-state index in [1.807, 2.05) is 18.2 Å². The molecular weight excluding hydrogens is 328 g/mol. The van der Waals surface area contributed by atoms with Crippen LogP contribution in [0.1, 0.15) is 5.69 Å². The molecule has 1 aromatic carbocycles. The van der Waals surface area contributed by atoms with Gasteiger partial charge in [0.05, 0.1) is 41.8 Å². The van der Waals surface area contributed by atoms with Gasteiger partial charge in [-0.1, -0.05) is 0 Å². The minimum atomic E-state index is 0.287. The molecule has 0 saturated heterocycles. The Morgan fingerprint density at radius 2 is 2.16 bits per heavy atom. The highest BCUT2D eigenvalue weighted by molar-refractivity contribution is 9.11. The summed E-state index contributed by atoms with van der Waals surface area (Å²) in [5.41, 5.74) is 1.64. The Labute approximate surface area is 123 Å². The first kappa shape index (κ1) is 13.8. The summed E-state index contributed by atoms with van der Waals surface area (Å²) >= 11 is 4.91. The summed E-state index contributed by atoms with van der Waals surface area (Å²) in [4.78, 5) is 4.46. The zero-order chi connectivity index (χ0) is 13.8. The van der Waals surface area contributed by atoms with E-state index >= 15 is 0 Å². The molecule has 0 radical (unpaired) electrons. The number of methoxy groups -OCH3 is 2. The number of halogens is 1. The minimum absolute atomic E-state index is 0.287. The van der Waals surface area contributed by atoms with Crippen LogP contribution in [0.4, 0.5) is 0 Å². The van der Waals surface area contributed by atoms with Gasteiger partial charge in [0, 0.05) is 6.07 Å².